The SMILES string of the molecule is CCc1oc2ccccc2c1CNCCn1cccn1. The van der Waals surface area contributed by atoms with Crippen LogP contribution >= 0.6 is 0 Å². The number of benzene rings is 1. The molecule has 0 unspecified atom stereocenters. The van der Waals surface area contributed by atoms with Crippen molar-refractivity contribution in [3.05, 3.63) is 54.0 Å². The predicted molar refractivity (Wildman–Crippen MR) is 79.5 cm³/mol. The number of aromatic nitrogens is 2. The third kappa shape index (κ3) is 2.60. The summed E-state index contributed by atoms with van der Waals surface area (Å²) < 4.78 is 7.83. The minimum absolute atomic E-state index is 0.835. The maximum atomic E-state index is 5.89. The van der Waals surface area contributed by atoms with Crippen molar-refractivity contribution in [1.82, 2.24) is 15.1 Å². The number of hydrogen-bond acceptors (Lipinski definition) is 3. The van der Waals surface area contributed by atoms with E-state index in [-0.39, 0.29) is 0 Å². The number of aryl methyl sites for hydroxylation is 1. The molecule has 4 heteroatoms. The van der Waals surface area contributed by atoms with Crippen molar-refractivity contribution >= 4 is 11.0 Å². The van der Waals surface area contributed by atoms with E-state index in [2.05, 4.69) is 29.5 Å². The van der Waals surface area contributed by atoms with E-state index in [1.165, 1.54) is 10.9 Å². The summed E-state index contributed by atoms with van der Waals surface area (Å²) in [4.78, 5) is 0. The van der Waals surface area contributed by atoms with E-state index >= 15 is 0 Å². The van der Waals surface area contributed by atoms with E-state index in [0.717, 1.165) is 37.4 Å². The fraction of sp³-hybridized carbons (Fsp3) is 0.312. The molecule has 0 saturated carbocycles. The Labute approximate surface area is 118 Å². The molecule has 4 nitrogen and oxygen atoms in total. The second kappa shape index (κ2) is 5.92. The molecule has 1 aromatic carbocycles. The van der Waals surface area contributed by atoms with Crippen LogP contribution in [-0.4, -0.2) is 16.3 Å². The number of para-hydroxylation sites is 1. The van der Waals surface area contributed by atoms with Gasteiger partial charge in [0.1, 0.15) is 11.3 Å². The van der Waals surface area contributed by atoms with Crippen molar-refractivity contribution in [2.75, 3.05) is 6.54 Å². The molecule has 0 aliphatic rings. The van der Waals surface area contributed by atoms with E-state index in [0.29, 0.717) is 0 Å². The highest BCUT2D eigenvalue weighted by atomic mass is 16.3. The molecular weight excluding hydrogens is 250 g/mol. The highest BCUT2D eigenvalue weighted by Crippen LogP contribution is 2.25. The molecule has 2 aromatic heterocycles. The van der Waals surface area contributed by atoms with Crippen LogP contribution in [0.4, 0.5) is 0 Å². The van der Waals surface area contributed by atoms with E-state index < -0.39 is 0 Å². The average Bonchev–Trinajstić information content (AvgIpc) is 3.11. The molecule has 0 aliphatic heterocycles. The van der Waals surface area contributed by atoms with Crippen LogP contribution in [0, 0.1) is 0 Å². The summed E-state index contributed by atoms with van der Waals surface area (Å²) in [7, 11) is 0. The molecular formula is C16H19N3O. The van der Waals surface area contributed by atoms with Crippen LogP contribution in [0.5, 0.6) is 0 Å². The number of rotatable bonds is 6. The molecule has 0 radical (unpaired) electrons. The van der Waals surface area contributed by atoms with Gasteiger partial charge in [-0.25, -0.2) is 0 Å². The Kier molecular flexibility index (Phi) is 3.83. The zero-order chi connectivity index (χ0) is 13.8. The van der Waals surface area contributed by atoms with Crippen molar-refractivity contribution in [2.24, 2.45) is 0 Å². The first kappa shape index (κ1) is 12.9. The highest BCUT2D eigenvalue weighted by molar-refractivity contribution is 5.82. The first-order valence-corrected chi connectivity index (χ1v) is 7.06. The van der Waals surface area contributed by atoms with Crippen LogP contribution in [0.1, 0.15) is 18.2 Å². The van der Waals surface area contributed by atoms with Crippen LogP contribution in [0.25, 0.3) is 11.0 Å². The third-order valence-corrected chi connectivity index (χ3v) is 3.48. The monoisotopic (exact) mass is 269 g/mol. The topological polar surface area (TPSA) is 43.0 Å². The fourth-order valence-corrected chi connectivity index (χ4v) is 2.47. The molecule has 0 fully saturated rings. The molecule has 3 aromatic rings. The molecule has 2 heterocycles. The molecule has 0 saturated heterocycles. The van der Waals surface area contributed by atoms with Crippen molar-refractivity contribution in [3.63, 3.8) is 0 Å². The molecule has 0 spiro atoms. The van der Waals surface area contributed by atoms with Crippen LogP contribution in [0.3, 0.4) is 0 Å². The summed E-state index contributed by atoms with van der Waals surface area (Å²) in [6, 6.07) is 10.2. The van der Waals surface area contributed by atoms with E-state index in [1.54, 1.807) is 6.20 Å². The molecule has 104 valence electrons. The zero-order valence-electron chi connectivity index (χ0n) is 11.7. The predicted octanol–water partition coefficient (Wildman–Crippen LogP) is 2.98. The number of nitrogens with zero attached hydrogens (tertiary/aromatic N) is 2. The molecule has 0 atom stereocenters. The van der Waals surface area contributed by atoms with Crippen molar-refractivity contribution in [1.29, 1.82) is 0 Å². The zero-order valence-corrected chi connectivity index (χ0v) is 11.7. The maximum absolute atomic E-state index is 5.89. The summed E-state index contributed by atoms with van der Waals surface area (Å²) in [6.07, 6.45) is 4.70. The molecule has 3 rings (SSSR count). The Morgan fingerprint density at radius 2 is 2.15 bits per heavy atom. The lowest BCUT2D eigenvalue weighted by Gasteiger charge is -2.05. The minimum Gasteiger partial charge on any atom is -0.461 e. The van der Waals surface area contributed by atoms with Crippen molar-refractivity contribution in [2.45, 2.75) is 26.4 Å². The Morgan fingerprint density at radius 1 is 1.25 bits per heavy atom. The Bertz CT molecular complexity index is 670. The van der Waals surface area contributed by atoms with Gasteiger partial charge in [-0.05, 0) is 12.1 Å². The highest BCUT2D eigenvalue weighted by Gasteiger charge is 2.11. The van der Waals surface area contributed by atoms with Gasteiger partial charge in [-0.2, -0.15) is 5.10 Å². The van der Waals surface area contributed by atoms with Gasteiger partial charge in [-0.1, -0.05) is 25.1 Å². The largest absolute Gasteiger partial charge is 0.461 e. The number of furan rings is 1. The van der Waals surface area contributed by atoms with Gasteiger partial charge in [-0.15, -0.1) is 0 Å². The van der Waals surface area contributed by atoms with Gasteiger partial charge in [0.2, 0.25) is 0 Å². The Hall–Kier alpha value is -2.07. The van der Waals surface area contributed by atoms with Crippen LogP contribution in [0.15, 0.2) is 47.1 Å². The second-order valence-corrected chi connectivity index (χ2v) is 4.80. The van der Waals surface area contributed by atoms with Crippen LogP contribution in [0.2, 0.25) is 0 Å². The van der Waals surface area contributed by atoms with Crippen molar-refractivity contribution < 1.29 is 4.42 Å². The van der Waals surface area contributed by atoms with E-state index in [1.807, 2.05) is 29.1 Å². The standard InChI is InChI=1S/C16H19N3O/c1-2-15-14(13-6-3-4-7-16(13)20-15)12-17-9-11-19-10-5-8-18-19/h3-8,10,17H,2,9,11-12H2,1H3. The lowest BCUT2D eigenvalue weighted by molar-refractivity contribution is 0.530. The normalized spacial score (nSPS) is 11.2. The summed E-state index contributed by atoms with van der Waals surface area (Å²) >= 11 is 0. The average molecular weight is 269 g/mol. The lowest BCUT2D eigenvalue weighted by Crippen LogP contribution is -2.20. The summed E-state index contributed by atoms with van der Waals surface area (Å²) in [5, 5.41) is 8.88. The third-order valence-electron chi connectivity index (χ3n) is 3.48. The van der Waals surface area contributed by atoms with Gasteiger partial charge < -0.3 is 9.73 Å². The van der Waals surface area contributed by atoms with Gasteiger partial charge in [0, 0.05) is 42.9 Å². The Balaban J connectivity index is 1.67. The first-order valence-electron chi connectivity index (χ1n) is 7.06. The van der Waals surface area contributed by atoms with Crippen LogP contribution in [-0.2, 0) is 19.5 Å². The second-order valence-electron chi connectivity index (χ2n) is 4.80. The number of nitrogens with one attached hydrogen (secondary N) is 1. The molecule has 1 N–H and O–H groups in total. The maximum Gasteiger partial charge on any atom is 0.134 e. The van der Waals surface area contributed by atoms with Gasteiger partial charge in [0.05, 0.1) is 6.54 Å². The smallest absolute Gasteiger partial charge is 0.134 e. The molecule has 0 amide bonds. The van der Waals surface area contributed by atoms with Crippen molar-refractivity contribution in [3.8, 4) is 0 Å². The summed E-state index contributed by atoms with van der Waals surface area (Å²) in [5.41, 5.74) is 2.26. The van der Waals surface area contributed by atoms with E-state index in [9.17, 15) is 0 Å². The van der Waals surface area contributed by atoms with Gasteiger partial charge >= 0.3 is 0 Å². The van der Waals surface area contributed by atoms with E-state index in [4.69, 9.17) is 4.42 Å². The molecule has 0 bridgehead atoms. The summed E-state index contributed by atoms with van der Waals surface area (Å²) in [5.74, 6) is 1.08. The minimum atomic E-state index is 0.835. The van der Waals surface area contributed by atoms with Gasteiger partial charge in [0.15, 0.2) is 0 Å². The molecule has 20 heavy (non-hydrogen) atoms. The number of fused-ring (bicyclic) bond motifs is 1. The molecule has 0 aliphatic carbocycles. The summed E-state index contributed by atoms with van der Waals surface area (Å²) in [6.45, 7) is 4.74. The lowest BCUT2D eigenvalue weighted by atomic mass is 10.1. The van der Waals surface area contributed by atoms with Crippen LogP contribution < -0.4 is 5.32 Å². The fourth-order valence-electron chi connectivity index (χ4n) is 2.47. The van der Waals surface area contributed by atoms with Gasteiger partial charge in [-0.3, -0.25) is 4.68 Å². The first-order chi connectivity index (χ1) is 9.88. The number of hydrogen-bond donors (Lipinski definition) is 1. The quantitative estimate of drug-likeness (QED) is 0.700. The Morgan fingerprint density at radius 3 is 2.95 bits per heavy atom. The van der Waals surface area contributed by atoms with Gasteiger partial charge in [0.25, 0.3) is 0 Å².